The SMILES string of the molecule is Cc1ccc2nn(C)c(CCO)c2c1. The molecule has 3 heteroatoms. The Kier molecular flexibility index (Phi) is 2.25. The average molecular weight is 190 g/mol. The van der Waals surface area contributed by atoms with Gasteiger partial charge in [-0.2, -0.15) is 5.10 Å². The first-order valence-corrected chi connectivity index (χ1v) is 4.75. The highest BCUT2D eigenvalue weighted by molar-refractivity contribution is 5.82. The lowest BCUT2D eigenvalue weighted by atomic mass is 10.1. The molecule has 1 aromatic heterocycles. The summed E-state index contributed by atoms with van der Waals surface area (Å²) < 4.78 is 1.85. The summed E-state index contributed by atoms with van der Waals surface area (Å²) >= 11 is 0. The smallest absolute Gasteiger partial charge is 0.0926 e. The van der Waals surface area contributed by atoms with Gasteiger partial charge in [-0.05, 0) is 19.1 Å². The monoisotopic (exact) mass is 190 g/mol. The molecule has 74 valence electrons. The Labute approximate surface area is 83.0 Å². The molecule has 0 bridgehead atoms. The molecule has 0 spiro atoms. The summed E-state index contributed by atoms with van der Waals surface area (Å²) in [5, 5.41) is 14.5. The van der Waals surface area contributed by atoms with E-state index < -0.39 is 0 Å². The fourth-order valence-corrected chi connectivity index (χ4v) is 1.77. The zero-order valence-corrected chi connectivity index (χ0v) is 8.49. The predicted octanol–water partition coefficient (Wildman–Crippen LogP) is 1.42. The van der Waals surface area contributed by atoms with Gasteiger partial charge in [0.2, 0.25) is 0 Å². The third-order valence-corrected chi connectivity index (χ3v) is 2.46. The number of hydrogen-bond donors (Lipinski definition) is 1. The third kappa shape index (κ3) is 1.40. The number of nitrogens with zero attached hydrogens (tertiary/aromatic N) is 2. The average Bonchev–Trinajstić information content (AvgIpc) is 2.45. The van der Waals surface area contributed by atoms with Gasteiger partial charge in [-0.15, -0.1) is 0 Å². The largest absolute Gasteiger partial charge is 0.396 e. The van der Waals surface area contributed by atoms with Crippen LogP contribution in [0.5, 0.6) is 0 Å². The van der Waals surface area contributed by atoms with E-state index in [4.69, 9.17) is 5.11 Å². The molecule has 0 aliphatic heterocycles. The van der Waals surface area contributed by atoms with Crippen LogP contribution < -0.4 is 0 Å². The topological polar surface area (TPSA) is 38.0 Å². The van der Waals surface area contributed by atoms with Crippen LogP contribution in [0.2, 0.25) is 0 Å². The van der Waals surface area contributed by atoms with Crippen molar-refractivity contribution in [2.75, 3.05) is 6.61 Å². The normalized spacial score (nSPS) is 11.1. The second-order valence-electron chi connectivity index (χ2n) is 3.56. The van der Waals surface area contributed by atoms with Crippen LogP contribution in [0, 0.1) is 6.92 Å². The quantitative estimate of drug-likeness (QED) is 0.777. The molecule has 0 aliphatic rings. The fourth-order valence-electron chi connectivity index (χ4n) is 1.77. The molecule has 1 N–H and O–H groups in total. The van der Waals surface area contributed by atoms with E-state index >= 15 is 0 Å². The summed E-state index contributed by atoms with van der Waals surface area (Å²) in [5.41, 5.74) is 3.33. The second kappa shape index (κ2) is 3.42. The Morgan fingerprint density at radius 2 is 2.21 bits per heavy atom. The number of rotatable bonds is 2. The van der Waals surface area contributed by atoms with Crippen molar-refractivity contribution in [2.24, 2.45) is 7.05 Å². The van der Waals surface area contributed by atoms with E-state index in [2.05, 4.69) is 24.2 Å². The van der Waals surface area contributed by atoms with Crippen molar-refractivity contribution in [3.05, 3.63) is 29.5 Å². The molecule has 0 unspecified atom stereocenters. The molecule has 1 heterocycles. The van der Waals surface area contributed by atoms with Crippen LogP contribution in [0.15, 0.2) is 18.2 Å². The molecular formula is C11H14N2O. The molecule has 14 heavy (non-hydrogen) atoms. The minimum absolute atomic E-state index is 0.169. The Morgan fingerprint density at radius 1 is 1.43 bits per heavy atom. The van der Waals surface area contributed by atoms with Crippen LogP contribution >= 0.6 is 0 Å². The third-order valence-electron chi connectivity index (χ3n) is 2.46. The minimum Gasteiger partial charge on any atom is -0.396 e. The van der Waals surface area contributed by atoms with Gasteiger partial charge in [0.05, 0.1) is 5.52 Å². The van der Waals surface area contributed by atoms with Crippen molar-refractivity contribution < 1.29 is 5.11 Å². The van der Waals surface area contributed by atoms with Crippen LogP contribution in [0.25, 0.3) is 10.9 Å². The minimum atomic E-state index is 0.169. The number of benzene rings is 1. The summed E-state index contributed by atoms with van der Waals surface area (Å²) in [6.45, 7) is 2.23. The number of aliphatic hydroxyl groups is 1. The molecule has 3 nitrogen and oxygen atoms in total. The van der Waals surface area contributed by atoms with E-state index in [-0.39, 0.29) is 6.61 Å². The predicted molar refractivity (Wildman–Crippen MR) is 56.2 cm³/mol. The molecule has 0 amide bonds. The van der Waals surface area contributed by atoms with Crippen LogP contribution in [0.3, 0.4) is 0 Å². The molecule has 0 saturated carbocycles. The number of aryl methyl sites for hydroxylation is 2. The van der Waals surface area contributed by atoms with Gasteiger partial charge < -0.3 is 5.11 Å². The van der Waals surface area contributed by atoms with Gasteiger partial charge >= 0.3 is 0 Å². The van der Waals surface area contributed by atoms with Gasteiger partial charge in [-0.3, -0.25) is 4.68 Å². The molecule has 0 radical (unpaired) electrons. The number of hydrogen-bond acceptors (Lipinski definition) is 2. The van der Waals surface area contributed by atoms with Gasteiger partial charge in [-0.1, -0.05) is 11.6 Å². The Hall–Kier alpha value is -1.35. The summed E-state index contributed by atoms with van der Waals surface area (Å²) in [4.78, 5) is 0. The Bertz CT molecular complexity index is 460. The zero-order chi connectivity index (χ0) is 10.1. The van der Waals surface area contributed by atoms with Gasteiger partial charge in [0.1, 0.15) is 0 Å². The lowest BCUT2D eigenvalue weighted by Crippen LogP contribution is -2.00. The number of aromatic nitrogens is 2. The van der Waals surface area contributed by atoms with Gasteiger partial charge in [0, 0.05) is 31.2 Å². The van der Waals surface area contributed by atoms with Crippen molar-refractivity contribution in [3.8, 4) is 0 Å². The zero-order valence-electron chi connectivity index (χ0n) is 8.49. The fraction of sp³-hybridized carbons (Fsp3) is 0.364. The standard InChI is InChI=1S/C11H14N2O/c1-8-3-4-10-9(7-8)11(5-6-14)13(2)12-10/h3-4,7,14H,5-6H2,1-2H3. The van der Waals surface area contributed by atoms with Gasteiger partial charge in [-0.25, -0.2) is 0 Å². The molecular weight excluding hydrogens is 176 g/mol. The summed E-state index contributed by atoms with van der Waals surface area (Å²) in [7, 11) is 1.92. The van der Waals surface area contributed by atoms with Gasteiger partial charge in [0.25, 0.3) is 0 Å². The summed E-state index contributed by atoms with van der Waals surface area (Å²) in [6, 6.07) is 6.19. The molecule has 0 aliphatic carbocycles. The Balaban J connectivity index is 2.66. The molecule has 1 aromatic carbocycles. The molecule has 0 atom stereocenters. The maximum absolute atomic E-state index is 8.95. The number of aliphatic hydroxyl groups excluding tert-OH is 1. The van der Waals surface area contributed by atoms with Crippen molar-refractivity contribution >= 4 is 10.9 Å². The first-order valence-electron chi connectivity index (χ1n) is 4.75. The van der Waals surface area contributed by atoms with Crippen molar-refractivity contribution in [1.82, 2.24) is 9.78 Å². The highest BCUT2D eigenvalue weighted by Crippen LogP contribution is 2.19. The number of fused-ring (bicyclic) bond motifs is 1. The van der Waals surface area contributed by atoms with E-state index in [1.54, 1.807) is 0 Å². The first-order chi connectivity index (χ1) is 6.72. The van der Waals surface area contributed by atoms with Crippen LogP contribution in [-0.4, -0.2) is 21.5 Å². The summed E-state index contributed by atoms with van der Waals surface area (Å²) in [6.07, 6.45) is 0.663. The first kappa shape index (κ1) is 9.21. The van der Waals surface area contributed by atoms with E-state index in [0.29, 0.717) is 6.42 Å². The van der Waals surface area contributed by atoms with Crippen LogP contribution in [0.4, 0.5) is 0 Å². The van der Waals surface area contributed by atoms with Gasteiger partial charge in [0.15, 0.2) is 0 Å². The van der Waals surface area contributed by atoms with Crippen LogP contribution in [-0.2, 0) is 13.5 Å². The second-order valence-corrected chi connectivity index (χ2v) is 3.56. The molecule has 0 saturated heterocycles. The molecule has 2 aromatic rings. The highest BCUT2D eigenvalue weighted by Gasteiger charge is 2.07. The van der Waals surface area contributed by atoms with E-state index in [1.807, 2.05) is 17.8 Å². The summed E-state index contributed by atoms with van der Waals surface area (Å²) in [5.74, 6) is 0. The van der Waals surface area contributed by atoms with E-state index in [1.165, 1.54) is 5.56 Å². The lowest BCUT2D eigenvalue weighted by molar-refractivity contribution is 0.296. The molecule has 2 rings (SSSR count). The van der Waals surface area contributed by atoms with Crippen molar-refractivity contribution in [2.45, 2.75) is 13.3 Å². The van der Waals surface area contributed by atoms with Crippen molar-refractivity contribution in [1.29, 1.82) is 0 Å². The molecule has 0 fully saturated rings. The van der Waals surface area contributed by atoms with E-state index in [9.17, 15) is 0 Å². The van der Waals surface area contributed by atoms with E-state index in [0.717, 1.165) is 16.6 Å². The Morgan fingerprint density at radius 3 is 2.93 bits per heavy atom. The van der Waals surface area contributed by atoms with Crippen LogP contribution in [0.1, 0.15) is 11.3 Å². The lowest BCUT2D eigenvalue weighted by Gasteiger charge is -1.99. The van der Waals surface area contributed by atoms with Crippen molar-refractivity contribution in [3.63, 3.8) is 0 Å². The maximum atomic E-state index is 8.95. The maximum Gasteiger partial charge on any atom is 0.0926 e. The highest BCUT2D eigenvalue weighted by atomic mass is 16.3.